The van der Waals surface area contributed by atoms with Crippen molar-refractivity contribution < 1.29 is 4.79 Å². The molecule has 0 aliphatic rings. The van der Waals surface area contributed by atoms with Gasteiger partial charge < -0.3 is 10.6 Å². The summed E-state index contributed by atoms with van der Waals surface area (Å²) < 4.78 is 0. The number of nitrogens with zero attached hydrogens (tertiary/aromatic N) is 1. The smallest absolute Gasteiger partial charge is 0.269 e. The second-order valence-electron chi connectivity index (χ2n) is 6.26. The van der Waals surface area contributed by atoms with Gasteiger partial charge in [-0.3, -0.25) is 4.79 Å². The largest absolute Gasteiger partial charge is 0.380 e. The number of pyridine rings is 1. The Labute approximate surface area is 164 Å². The number of nitrogens with one attached hydrogen (secondary N) is 2. The molecule has 5 heteroatoms. The summed E-state index contributed by atoms with van der Waals surface area (Å²) in [6.07, 6.45) is 3.52. The first-order valence-electron chi connectivity index (χ1n) is 8.97. The first-order valence-corrected chi connectivity index (χ1v) is 9.35. The Morgan fingerprint density at radius 1 is 0.926 bits per heavy atom. The van der Waals surface area contributed by atoms with Crippen molar-refractivity contribution in [2.45, 2.75) is 19.4 Å². The van der Waals surface area contributed by atoms with Gasteiger partial charge in [-0.25, -0.2) is 4.98 Å². The zero-order valence-electron chi connectivity index (χ0n) is 15.0. The summed E-state index contributed by atoms with van der Waals surface area (Å²) in [5, 5.41) is 6.92. The van der Waals surface area contributed by atoms with Gasteiger partial charge in [0.1, 0.15) is 5.69 Å². The molecule has 3 rings (SSSR count). The fourth-order valence-electron chi connectivity index (χ4n) is 2.67. The zero-order chi connectivity index (χ0) is 18.9. The molecule has 0 aliphatic carbocycles. The van der Waals surface area contributed by atoms with Crippen molar-refractivity contribution in [1.82, 2.24) is 10.3 Å². The van der Waals surface area contributed by atoms with E-state index in [2.05, 4.69) is 27.8 Å². The number of halogens is 1. The van der Waals surface area contributed by atoms with E-state index in [1.807, 2.05) is 48.5 Å². The SMILES string of the molecule is O=C(NCCCc1ccccc1)c1ccc(NCc2ccc(Cl)cc2)cn1. The van der Waals surface area contributed by atoms with Crippen LogP contribution in [-0.2, 0) is 13.0 Å². The maximum atomic E-state index is 12.2. The van der Waals surface area contributed by atoms with Gasteiger partial charge in [-0.2, -0.15) is 0 Å². The van der Waals surface area contributed by atoms with E-state index in [0.29, 0.717) is 18.8 Å². The van der Waals surface area contributed by atoms with Crippen molar-refractivity contribution in [2.24, 2.45) is 0 Å². The van der Waals surface area contributed by atoms with Crippen molar-refractivity contribution >= 4 is 23.2 Å². The molecule has 1 aromatic heterocycles. The third kappa shape index (κ3) is 6.12. The second-order valence-corrected chi connectivity index (χ2v) is 6.69. The lowest BCUT2D eigenvalue weighted by Gasteiger charge is -2.08. The van der Waals surface area contributed by atoms with Gasteiger partial charge in [0.25, 0.3) is 5.91 Å². The minimum Gasteiger partial charge on any atom is -0.380 e. The van der Waals surface area contributed by atoms with E-state index in [1.54, 1.807) is 12.3 Å². The van der Waals surface area contributed by atoms with Crippen LogP contribution in [0, 0.1) is 0 Å². The molecule has 27 heavy (non-hydrogen) atoms. The summed E-state index contributed by atoms with van der Waals surface area (Å²) in [7, 11) is 0. The topological polar surface area (TPSA) is 54.0 Å². The van der Waals surface area contributed by atoms with Crippen LogP contribution in [0.3, 0.4) is 0 Å². The fraction of sp³-hybridized carbons (Fsp3) is 0.182. The summed E-state index contributed by atoms with van der Waals surface area (Å²) in [5.41, 5.74) is 3.69. The van der Waals surface area contributed by atoms with E-state index in [4.69, 9.17) is 11.6 Å². The van der Waals surface area contributed by atoms with E-state index in [1.165, 1.54) is 5.56 Å². The molecule has 138 valence electrons. The third-order valence-corrected chi connectivity index (χ3v) is 4.43. The highest BCUT2D eigenvalue weighted by molar-refractivity contribution is 6.30. The van der Waals surface area contributed by atoms with E-state index < -0.39 is 0 Å². The standard InChI is InChI=1S/C22H22ClN3O/c23-19-10-8-18(9-11-19)15-25-20-12-13-21(26-16-20)22(27)24-14-4-7-17-5-2-1-3-6-17/h1-3,5-6,8-13,16,25H,4,7,14-15H2,(H,24,27). The van der Waals surface area contributed by atoms with Crippen LogP contribution in [-0.4, -0.2) is 17.4 Å². The van der Waals surface area contributed by atoms with Gasteiger partial charge in [-0.15, -0.1) is 0 Å². The molecule has 4 nitrogen and oxygen atoms in total. The number of hydrogen-bond acceptors (Lipinski definition) is 3. The van der Waals surface area contributed by atoms with Crippen LogP contribution in [0.5, 0.6) is 0 Å². The maximum absolute atomic E-state index is 12.2. The highest BCUT2D eigenvalue weighted by Crippen LogP contribution is 2.12. The Morgan fingerprint density at radius 2 is 1.70 bits per heavy atom. The Hall–Kier alpha value is -2.85. The average molecular weight is 380 g/mol. The van der Waals surface area contributed by atoms with Gasteiger partial charge in [0.2, 0.25) is 0 Å². The molecule has 0 bridgehead atoms. The number of aromatic nitrogens is 1. The van der Waals surface area contributed by atoms with E-state index in [9.17, 15) is 4.79 Å². The van der Waals surface area contributed by atoms with E-state index in [0.717, 1.165) is 29.1 Å². The van der Waals surface area contributed by atoms with Crippen molar-refractivity contribution in [3.63, 3.8) is 0 Å². The van der Waals surface area contributed by atoms with Gasteiger partial charge in [-0.1, -0.05) is 54.1 Å². The summed E-state index contributed by atoms with van der Waals surface area (Å²) >= 11 is 5.88. The number of anilines is 1. The predicted octanol–water partition coefficient (Wildman–Crippen LogP) is 4.71. The molecule has 0 unspecified atom stereocenters. The first-order chi connectivity index (χ1) is 13.2. The van der Waals surface area contributed by atoms with Gasteiger partial charge in [0, 0.05) is 18.1 Å². The average Bonchev–Trinajstić information content (AvgIpc) is 2.72. The van der Waals surface area contributed by atoms with E-state index >= 15 is 0 Å². The number of rotatable bonds is 8. The number of carbonyl (C=O) groups excluding carboxylic acids is 1. The van der Waals surface area contributed by atoms with Crippen molar-refractivity contribution in [3.8, 4) is 0 Å². The van der Waals surface area contributed by atoms with Crippen LogP contribution in [0.4, 0.5) is 5.69 Å². The number of hydrogen-bond donors (Lipinski definition) is 2. The Balaban J connectivity index is 1.42. The first kappa shape index (κ1) is 18.9. The minimum absolute atomic E-state index is 0.146. The molecule has 2 aromatic carbocycles. The quantitative estimate of drug-likeness (QED) is 0.557. The molecule has 0 spiro atoms. The van der Waals surface area contributed by atoms with Crippen molar-refractivity contribution in [2.75, 3.05) is 11.9 Å². The monoisotopic (exact) mass is 379 g/mol. The normalized spacial score (nSPS) is 10.4. The zero-order valence-corrected chi connectivity index (χ0v) is 15.7. The van der Waals surface area contributed by atoms with Crippen molar-refractivity contribution in [3.05, 3.63) is 94.8 Å². The molecule has 0 fully saturated rings. The van der Waals surface area contributed by atoms with Crippen LogP contribution >= 0.6 is 11.6 Å². The van der Waals surface area contributed by atoms with Crippen LogP contribution < -0.4 is 10.6 Å². The molecule has 2 N–H and O–H groups in total. The van der Waals surface area contributed by atoms with Crippen molar-refractivity contribution in [1.29, 1.82) is 0 Å². The Bertz CT molecular complexity index is 849. The third-order valence-electron chi connectivity index (χ3n) is 4.18. The number of aryl methyl sites for hydroxylation is 1. The predicted molar refractivity (Wildman–Crippen MR) is 110 cm³/mol. The van der Waals surface area contributed by atoms with Crippen LogP contribution in [0.2, 0.25) is 5.02 Å². The molecule has 1 heterocycles. The fourth-order valence-corrected chi connectivity index (χ4v) is 2.79. The number of carbonyl (C=O) groups is 1. The Morgan fingerprint density at radius 3 is 2.41 bits per heavy atom. The second kappa shape index (κ2) is 9.74. The molecule has 0 saturated carbocycles. The van der Waals surface area contributed by atoms with Gasteiger partial charge in [0.15, 0.2) is 0 Å². The van der Waals surface area contributed by atoms with Crippen LogP contribution in [0.1, 0.15) is 28.0 Å². The lowest BCUT2D eigenvalue weighted by molar-refractivity contribution is 0.0948. The van der Waals surface area contributed by atoms with Gasteiger partial charge >= 0.3 is 0 Å². The van der Waals surface area contributed by atoms with Gasteiger partial charge in [0.05, 0.1) is 11.9 Å². The Kier molecular flexibility index (Phi) is 6.83. The highest BCUT2D eigenvalue weighted by atomic mass is 35.5. The van der Waals surface area contributed by atoms with E-state index in [-0.39, 0.29) is 5.91 Å². The lowest BCUT2D eigenvalue weighted by Crippen LogP contribution is -2.25. The highest BCUT2D eigenvalue weighted by Gasteiger charge is 2.06. The summed E-state index contributed by atoms with van der Waals surface area (Å²) in [6, 6.07) is 21.5. The molecule has 0 saturated heterocycles. The molecular formula is C22H22ClN3O. The van der Waals surface area contributed by atoms with Crippen LogP contribution in [0.25, 0.3) is 0 Å². The molecule has 0 aliphatic heterocycles. The number of benzene rings is 2. The molecule has 1 amide bonds. The number of amides is 1. The minimum atomic E-state index is -0.146. The maximum Gasteiger partial charge on any atom is 0.269 e. The van der Waals surface area contributed by atoms with Crippen LogP contribution in [0.15, 0.2) is 72.9 Å². The molecule has 0 radical (unpaired) electrons. The summed E-state index contributed by atoms with van der Waals surface area (Å²) in [4.78, 5) is 16.4. The molecule has 3 aromatic rings. The molecule has 0 atom stereocenters. The summed E-state index contributed by atoms with van der Waals surface area (Å²) in [6.45, 7) is 1.30. The lowest BCUT2D eigenvalue weighted by atomic mass is 10.1. The molecular weight excluding hydrogens is 358 g/mol. The van der Waals surface area contributed by atoms with Gasteiger partial charge in [-0.05, 0) is 48.2 Å². The summed E-state index contributed by atoms with van der Waals surface area (Å²) in [5.74, 6) is -0.146.